The Hall–Kier alpha value is -2.25. The molecule has 1 N–H and O–H groups in total. The average molecular weight is 436 g/mol. The predicted molar refractivity (Wildman–Crippen MR) is 119 cm³/mol. The second kappa shape index (κ2) is 9.05. The van der Waals surface area contributed by atoms with Crippen molar-refractivity contribution in [1.29, 1.82) is 0 Å². The van der Waals surface area contributed by atoms with Gasteiger partial charge in [-0.25, -0.2) is 8.42 Å². The third-order valence-electron chi connectivity index (χ3n) is 5.02. The van der Waals surface area contributed by atoms with E-state index in [9.17, 15) is 13.2 Å². The minimum atomic E-state index is -3.67. The van der Waals surface area contributed by atoms with E-state index in [1.807, 2.05) is 24.3 Å². The van der Waals surface area contributed by atoms with Crippen LogP contribution in [-0.4, -0.2) is 39.7 Å². The van der Waals surface area contributed by atoms with Gasteiger partial charge in [-0.3, -0.25) is 9.10 Å². The van der Waals surface area contributed by atoms with Crippen molar-refractivity contribution in [2.75, 3.05) is 33.9 Å². The molecule has 1 atom stereocenters. The molecule has 2 aromatic rings. The second-order valence-corrected chi connectivity index (χ2v) is 9.49. The minimum Gasteiger partial charge on any atom is -0.372 e. The van der Waals surface area contributed by atoms with E-state index in [2.05, 4.69) is 10.2 Å². The number of carbonyl (C=O) groups is 1. The molecule has 8 heteroatoms. The Morgan fingerprint density at radius 3 is 2.21 bits per heavy atom. The zero-order valence-electron chi connectivity index (χ0n) is 16.6. The number of benzene rings is 2. The molecule has 156 valence electrons. The Balaban J connectivity index is 1.79. The molecule has 1 saturated heterocycles. The van der Waals surface area contributed by atoms with Crippen molar-refractivity contribution >= 4 is 44.6 Å². The number of nitrogens with one attached hydrogen (secondary N) is 1. The van der Waals surface area contributed by atoms with Crippen molar-refractivity contribution in [2.45, 2.75) is 32.2 Å². The van der Waals surface area contributed by atoms with Gasteiger partial charge in [-0.1, -0.05) is 18.5 Å². The van der Waals surface area contributed by atoms with E-state index < -0.39 is 16.1 Å². The monoisotopic (exact) mass is 435 g/mol. The van der Waals surface area contributed by atoms with Gasteiger partial charge in [0.25, 0.3) is 0 Å². The van der Waals surface area contributed by atoms with Crippen LogP contribution >= 0.6 is 11.6 Å². The largest absolute Gasteiger partial charge is 0.372 e. The first kappa shape index (κ1) is 21.5. The van der Waals surface area contributed by atoms with Crippen molar-refractivity contribution in [3.8, 4) is 0 Å². The van der Waals surface area contributed by atoms with Crippen LogP contribution in [-0.2, 0) is 14.8 Å². The molecule has 1 aliphatic heterocycles. The molecule has 0 saturated carbocycles. The Morgan fingerprint density at radius 1 is 1.10 bits per heavy atom. The number of carbonyl (C=O) groups excluding carboxylic acids is 1. The van der Waals surface area contributed by atoms with Gasteiger partial charge in [-0.05, 0) is 67.8 Å². The summed E-state index contributed by atoms with van der Waals surface area (Å²) in [7, 11) is -3.67. The molecule has 1 heterocycles. The number of amides is 1. The zero-order chi connectivity index (χ0) is 21.0. The molecule has 6 nitrogen and oxygen atoms in total. The summed E-state index contributed by atoms with van der Waals surface area (Å²) in [6, 6.07) is 13.2. The highest BCUT2D eigenvalue weighted by Crippen LogP contribution is 2.26. The van der Waals surface area contributed by atoms with Gasteiger partial charge in [0.15, 0.2) is 0 Å². The first-order chi connectivity index (χ1) is 13.8. The number of nitrogens with zero attached hydrogens (tertiary/aromatic N) is 2. The van der Waals surface area contributed by atoms with Gasteiger partial charge in [-0.2, -0.15) is 0 Å². The SMILES string of the molecule is CC[C@H](C(=O)Nc1ccc(N2CCCC2)cc1)N(c1ccc(Cl)cc1)S(C)(=O)=O. The maximum atomic E-state index is 13.0. The highest BCUT2D eigenvalue weighted by atomic mass is 35.5. The van der Waals surface area contributed by atoms with E-state index in [4.69, 9.17) is 11.6 Å². The van der Waals surface area contributed by atoms with Crippen molar-refractivity contribution in [1.82, 2.24) is 0 Å². The van der Waals surface area contributed by atoms with E-state index in [-0.39, 0.29) is 5.91 Å². The van der Waals surface area contributed by atoms with Gasteiger partial charge in [0.05, 0.1) is 11.9 Å². The van der Waals surface area contributed by atoms with Crippen LogP contribution in [0.1, 0.15) is 26.2 Å². The molecule has 1 amide bonds. The molecular weight excluding hydrogens is 410 g/mol. The summed E-state index contributed by atoms with van der Waals surface area (Å²) >= 11 is 5.92. The smallest absolute Gasteiger partial charge is 0.248 e. The van der Waals surface area contributed by atoms with Crippen LogP contribution in [0.4, 0.5) is 17.1 Å². The van der Waals surface area contributed by atoms with Crippen LogP contribution in [0.3, 0.4) is 0 Å². The topological polar surface area (TPSA) is 69.7 Å². The molecule has 2 aromatic carbocycles. The van der Waals surface area contributed by atoms with Gasteiger partial charge >= 0.3 is 0 Å². The van der Waals surface area contributed by atoms with Crippen LogP contribution in [0.5, 0.6) is 0 Å². The Kier molecular flexibility index (Phi) is 6.70. The van der Waals surface area contributed by atoms with E-state index in [0.29, 0.717) is 22.8 Å². The zero-order valence-corrected chi connectivity index (χ0v) is 18.2. The van der Waals surface area contributed by atoms with E-state index >= 15 is 0 Å². The molecule has 0 unspecified atom stereocenters. The van der Waals surface area contributed by atoms with Gasteiger partial charge < -0.3 is 10.2 Å². The number of sulfonamides is 1. The second-order valence-electron chi connectivity index (χ2n) is 7.19. The molecule has 1 fully saturated rings. The summed E-state index contributed by atoms with van der Waals surface area (Å²) in [5, 5.41) is 3.35. The van der Waals surface area contributed by atoms with Crippen LogP contribution in [0.15, 0.2) is 48.5 Å². The summed E-state index contributed by atoms with van der Waals surface area (Å²) in [6.45, 7) is 3.89. The first-order valence-electron chi connectivity index (χ1n) is 9.70. The highest BCUT2D eigenvalue weighted by Gasteiger charge is 2.31. The van der Waals surface area contributed by atoms with Crippen molar-refractivity contribution < 1.29 is 13.2 Å². The van der Waals surface area contributed by atoms with Gasteiger partial charge in [0.2, 0.25) is 15.9 Å². The Morgan fingerprint density at radius 2 is 1.69 bits per heavy atom. The standard InChI is InChI=1S/C21H26ClN3O3S/c1-3-20(25(29(2,27)28)19-10-6-16(22)7-11-19)21(26)23-17-8-12-18(13-9-17)24-14-4-5-15-24/h6-13,20H,3-5,14-15H2,1-2H3,(H,23,26)/t20-/m1/s1. The molecule has 0 aliphatic carbocycles. The lowest BCUT2D eigenvalue weighted by atomic mass is 10.1. The minimum absolute atomic E-state index is 0.327. The number of rotatable bonds is 7. The molecule has 1 aliphatic rings. The summed E-state index contributed by atoms with van der Waals surface area (Å²) in [6.07, 6.45) is 3.82. The van der Waals surface area contributed by atoms with Crippen molar-refractivity contribution in [2.24, 2.45) is 0 Å². The fourth-order valence-electron chi connectivity index (χ4n) is 3.60. The highest BCUT2D eigenvalue weighted by molar-refractivity contribution is 7.92. The Bertz CT molecular complexity index is 940. The fourth-order valence-corrected chi connectivity index (χ4v) is 4.94. The summed E-state index contributed by atoms with van der Waals surface area (Å²) in [5.41, 5.74) is 2.18. The molecule has 0 radical (unpaired) electrons. The number of hydrogen-bond acceptors (Lipinski definition) is 4. The molecular formula is C21H26ClN3O3S. The molecule has 3 rings (SSSR count). The normalized spacial score (nSPS) is 15.2. The van der Waals surface area contributed by atoms with E-state index in [1.165, 1.54) is 12.8 Å². The maximum Gasteiger partial charge on any atom is 0.248 e. The lowest BCUT2D eigenvalue weighted by Gasteiger charge is -2.30. The average Bonchev–Trinajstić information content (AvgIpc) is 3.21. The number of hydrogen-bond donors (Lipinski definition) is 1. The third kappa shape index (κ3) is 5.22. The Labute approximate surface area is 177 Å². The number of anilines is 3. The van der Waals surface area contributed by atoms with Crippen LogP contribution in [0.2, 0.25) is 5.02 Å². The number of halogens is 1. The van der Waals surface area contributed by atoms with Crippen molar-refractivity contribution in [3.63, 3.8) is 0 Å². The summed E-state index contributed by atoms with van der Waals surface area (Å²) < 4.78 is 26.1. The molecule has 0 aromatic heterocycles. The molecule has 0 spiro atoms. The van der Waals surface area contributed by atoms with E-state index in [1.54, 1.807) is 31.2 Å². The summed E-state index contributed by atoms with van der Waals surface area (Å²) in [5.74, 6) is -0.373. The third-order valence-corrected chi connectivity index (χ3v) is 6.45. The van der Waals surface area contributed by atoms with Crippen LogP contribution in [0.25, 0.3) is 0 Å². The van der Waals surface area contributed by atoms with Gasteiger partial charge in [0, 0.05) is 29.5 Å². The van der Waals surface area contributed by atoms with Gasteiger partial charge in [-0.15, -0.1) is 0 Å². The molecule has 0 bridgehead atoms. The van der Waals surface area contributed by atoms with E-state index in [0.717, 1.165) is 29.3 Å². The maximum absolute atomic E-state index is 13.0. The van der Waals surface area contributed by atoms with Crippen LogP contribution < -0.4 is 14.5 Å². The lowest BCUT2D eigenvalue weighted by molar-refractivity contribution is -0.117. The quantitative estimate of drug-likeness (QED) is 0.710. The summed E-state index contributed by atoms with van der Waals surface area (Å²) in [4.78, 5) is 15.3. The fraction of sp³-hybridized carbons (Fsp3) is 0.381. The van der Waals surface area contributed by atoms with Gasteiger partial charge in [0.1, 0.15) is 6.04 Å². The van der Waals surface area contributed by atoms with Crippen LogP contribution in [0, 0.1) is 0 Å². The predicted octanol–water partition coefficient (Wildman–Crippen LogP) is 4.12. The lowest BCUT2D eigenvalue weighted by Crippen LogP contribution is -2.47. The molecule has 29 heavy (non-hydrogen) atoms. The first-order valence-corrected chi connectivity index (χ1v) is 11.9. The van der Waals surface area contributed by atoms with Crippen molar-refractivity contribution in [3.05, 3.63) is 53.6 Å².